The van der Waals surface area contributed by atoms with E-state index in [1.165, 1.54) is 28.0 Å². The number of thiocarbonyl (C=S) groups is 1. The molecular formula is C17H15BrN4O2S3. The van der Waals surface area contributed by atoms with E-state index < -0.39 is 0 Å². The summed E-state index contributed by atoms with van der Waals surface area (Å²) in [6.45, 7) is 2.20. The predicted molar refractivity (Wildman–Crippen MR) is 117 cm³/mol. The van der Waals surface area contributed by atoms with Crippen molar-refractivity contribution >= 4 is 78.6 Å². The van der Waals surface area contributed by atoms with E-state index in [2.05, 4.69) is 31.4 Å². The van der Waals surface area contributed by atoms with Crippen LogP contribution in [-0.2, 0) is 16.0 Å². The molecule has 1 aromatic heterocycles. The number of benzene rings is 1. The second-order valence-corrected chi connectivity index (χ2v) is 9.19. The Morgan fingerprint density at radius 2 is 2.22 bits per heavy atom. The lowest BCUT2D eigenvalue weighted by atomic mass is 10.2. The number of carbonyl (C=O) groups excluding carboxylic acids is 2. The Morgan fingerprint density at radius 3 is 2.93 bits per heavy atom. The second kappa shape index (κ2) is 9.05. The van der Waals surface area contributed by atoms with Crippen LogP contribution < -0.4 is 5.32 Å². The minimum atomic E-state index is -0.223. The number of hydrogen-bond donors (Lipinski definition) is 1. The van der Waals surface area contributed by atoms with Gasteiger partial charge < -0.3 is 5.32 Å². The van der Waals surface area contributed by atoms with E-state index in [1.807, 2.05) is 31.2 Å². The number of hydrogen-bond acceptors (Lipinski definition) is 7. The lowest BCUT2D eigenvalue weighted by Gasteiger charge is -2.13. The normalized spacial score (nSPS) is 15.6. The predicted octanol–water partition coefficient (Wildman–Crippen LogP) is 4.09. The van der Waals surface area contributed by atoms with Crippen LogP contribution in [0.3, 0.4) is 0 Å². The molecule has 6 nitrogen and oxygen atoms in total. The Bertz CT molecular complexity index is 928. The zero-order valence-corrected chi connectivity index (χ0v) is 18.3. The van der Waals surface area contributed by atoms with Gasteiger partial charge in [-0.3, -0.25) is 14.5 Å². The number of carbonyl (C=O) groups is 2. The first kappa shape index (κ1) is 20.1. The lowest BCUT2D eigenvalue weighted by molar-refractivity contribution is -0.122. The van der Waals surface area contributed by atoms with Gasteiger partial charge in [-0.15, -0.1) is 10.2 Å². The zero-order chi connectivity index (χ0) is 19.4. The van der Waals surface area contributed by atoms with Gasteiger partial charge in [0.2, 0.25) is 11.0 Å². The lowest BCUT2D eigenvalue weighted by Crippen LogP contribution is -2.31. The molecule has 2 heterocycles. The van der Waals surface area contributed by atoms with Gasteiger partial charge in [0.05, 0.1) is 4.91 Å². The van der Waals surface area contributed by atoms with Gasteiger partial charge in [0.25, 0.3) is 5.91 Å². The minimum absolute atomic E-state index is 0.137. The molecule has 1 aromatic carbocycles. The van der Waals surface area contributed by atoms with Gasteiger partial charge in [0.1, 0.15) is 9.33 Å². The van der Waals surface area contributed by atoms with Crippen molar-refractivity contribution in [1.82, 2.24) is 15.1 Å². The van der Waals surface area contributed by atoms with Crippen molar-refractivity contribution in [2.24, 2.45) is 0 Å². The molecule has 0 bridgehead atoms. The Morgan fingerprint density at radius 1 is 1.41 bits per heavy atom. The van der Waals surface area contributed by atoms with E-state index in [1.54, 1.807) is 6.08 Å². The molecule has 1 aliphatic heterocycles. The van der Waals surface area contributed by atoms with Crippen LogP contribution >= 0.6 is 51.2 Å². The fourth-order valence-corrected chi connectivity index (χ4v) is 4.70. The van der Waals surface area contributed by atoms with Gasteiger partial charge in [-0.2, -0.15) is 0 Å². The second-order valence-electron chi connectivity index (χ2n) is 5.54. The third-order valence-electron chi connectivity index (χ3n) is 3.60. The van der Waals surface area contributed by atoms with Crippen LogP contribution in [0, 0.1) is 0 Å². The van der Waals surface area contributed by atoms with Crippen molar-refractivity contribution in [2.75, 3.05) is 11.9 Å². The van der Waals surface area contributed by atoms with Gasteiger partial charge >= 0.3 is 0 Å². The summed E-state index contributed by atoms with van der Waals surface area (Å²) in [6, 6.07) is 7.66. The Labute approximate surface area is 178 Å². The summed E-state index contributed by atoms with van der Waals surface area (Å²) in [4.78, 5) is 26.7. The smallest absolute Gasteiger partial charge is 0.266 e. The van der Waals surface area contributed by atoms with Crippen LogP contribution in [0.15, 0.2) is 33.6 Å². The van der Waals surface area contributed by atoms with E-state index in [-0.39, 0.29) is 24.8 Å². The van der Waals surface area contributed by atoms with Gasteiger partial charge in [0.15, 0.2) is 0 Å². The third kappa shape index (κ3) is 5.22. The van der Waals surface area contributed by atoms with E-state index in [0.717, 1.165) is 21.5 Å². The quantitative estimate of drug-likeness (QED) is 0.493. The van der Waals surface area contributed by atoms with Crippen molar-refractivity contribution in [2.45, 2.75) is 19.8 Å². The molecule has 0 atom stereocenters. The molecule has 1 saturated heterocycles. The van der Waals surface area contributed by atoms with Crippen molar-refractivity contribution < 1.29 is 9.59 Å². The first-order valence-corrected chi connectivity index (χ1v) is 10.9. The molecule has 27 heavy (non-hydrogen) atoms. The standard InChI is InChI=1S/C17H15BrN4O2S3/c1-2-14-20-21-16(27-14)19-13(23)6-7-22-15(24)12(26-17(22)25)9-10-4-3-5-11(18)8-10/h3-5,8-9H,2,6-7H2,1H3,(H,19,21,23)/b12-9-. The van der Waals surface area contributed by atoms with Gasteiger partial charge in [-0.25, -0.2) is 0 Å². The van der Waals surface area contributed by atoms with E-state index in [4.69, 9.17) is 12.2 Å². The summed E-state index contributed by atoms with van der Waals surface area (Å²) in [5, 5.41) is 11.9. The maximum Gasteiger partial charge on any atom is 0.266 e. The summed E-state index contributed by atoms with van der Waals surface area (Å²) < 4.78 is 1.39. The summed E-state index contributed by atoms with van der Waals surface area (Å²) in [5.41, 5.74) is 0.908. The Hall–Kier alpha value is -1.62. The Balaban J connectivity index is 1.59. The molecule has 2 amide bonds. The number of amides is 2. The number of aryl methyl sites for hydroxylation is 1. The highest BCUT2D eigenvalue weighted by Crippen LogP contribution is 2.33. The van der Waals surface area contributed by atoms with Crippen molar-refractivity contribution in [3.63, 3.8) is 0 Å². The SMILES string of the molecule is CCc1nnc(NC(=O)CCN2C(=O)/C(=C/c3cccc(Br)c3)SC2=S)s1. The van der Waals surface area contributed by atoms with Gasteiger partial charge in [0, 0.05) is 17.4 Å². The number of aromatic nitrogens is 2. The molecular weight excluding hydrogens is 468 g/mol. The molecule has 140 valence electrons. The van der Waals surface area contributed by atoms with Crippen LogP contribution in [-0.4, -0.2) is 37.8 Å². The molecule has 2 aromatic rings. The minimum Gasteiger partial charge on any atom is -0.300 e. The van der Waals surface area contributed by atoms with Crippen LogP contribution in [0.5, 0.6) is 0 Å². The fraction of sp³-hybridized carbons (Fsp3) is 0.235. The summed E-state index contributed by atoms with van der Waals surface area (Å²) in [5.74, 6) is -0.402. The topological polar surface area (TPSA) is 75.2 Å². The number of rotatable bonds is 6. The molecule has 0 radical (unpaired) electrons. The van der Waals surface area contributed by atoms with Crippen LogP contribution in [0.25, 0.3) is 6.08 Å². The molecule has 1 N–H and O–H groups in total. The molecule has 1 fully saturated rings. The highest BCUT2D eigenvalue weighted by Gasteiger charge is 2.32. The van der Waals surface area contributed by atoms with E-state index >= 15 is 0 Å². The molecule has 0 unspecified atom stereocenters. The fourth-order valence-electron chi connectivity index (χ4n) is 2.28. The zero-order valence-electron chi connectivity index (χ0n) is 14.3. The Kier molecular flexibility index (Phi) is 6.74. The number of anilines is 1. The van der Waals surface area contributed by atoms with Crippen LogP contribution in [0.4, 0.5) is 5.13 Å². The average molecular weight is 483 g/mol. The van der Waals surface area contributed by atoms with Crippen molar-refractivity contribution in [3.8, 4) is 0 Å². The molecule has 3 rings (SSSR count). The monoisotopic (exact) mass is 482 g/mol. The van der Waals surface area contributed by atoms with Crippen molar-refractivity contribution in [3.05, 3.63) is 44.2 Å². The highest BCUT2D eigenvalue weighted by atomic mass is 79.9. The summed E-state index contributed by atoms with van der Waals surface area (Å²) >= 11 is 11.3. The largest absolute Gasteiger partial charge is 0.300 e. The first-order chi connectivity index (χ1) is 13.0. The molecule has 10 heteroatoms. The van der Waals surface area contributed by atoms with Crippen LogP contribution in [0.1, 0.15) is 23.9 Å². The van der Waals surface area contributed by atoms with Crippen molar-refractivity contribution in [1.29, 1.82) is 0 Å². The number of halogens is 1. The third-order valence-corrected chi connectivity index (χ3v) is 6.45. The molecule has 0 spiro atoms. The number of nitrogens with zero attached hydrogens (tertiary/aromatic N) is 3. The van der Waals surface area contributed by atoms with Gasteiger partial charge in [-0.1, -0.05) is 70.3 Å². The maximum absolute atomic E-state index is 12.6. The van der Waals surface area contributed by atoms with E-state index in [9.17, 15) is 9.59 Å². The first-order valence-electron chi connectivity index (χ1n) is 8.09. The molecule has 1 aliphatic rings. The summed E-state index contributed by atoms with van der Waals surface area (Å²) in [7, 11) is 0. The molecule has 0 aliphatic carbocycles. The number of nitrogens with one attached hydrogen (secondary N) is 1. The summed E-state index contributed by atoms with van der Waals surface area (Å²) in [6.07, 6.45) is 2.71. The average Bonchev–Trinajstić information content (AvgIpc) is 3.18. The molecule has 0 saturated carbocycles. The van der Waals surface area contributed by atoms with E-state index in [0.29, 0.717) is 14.4 Å². The highest BCUT2D eigenvalue weighted by molar-refractivity contribution is 9.10. The number of thioether (sulfide) groups is 1. The maximum atomic E-state index is 12.6. The van der Waals surface area contributed by atoms with Gasteiger partial charge in [-0.05, 0) is 30.2 Å². The van der Waals surface area contributed by atoms with Crippen LogP contribution in [0.2, 0.25) is 0 Å².